The molecule has 2 N–H and O–H groups in total. The van der Waals surface area contributed by atoms with E-state index in [9.17, 15) is 21.6 Å². The minimum absolute atomic E-state index is 0.00555. The summed E-state index contributed by atoms with van der Waals surface area (Å²) >= 11 is 0. The number of aromatic nitrogens is 2. The van der Waals surface area contributed by atoms with E-state index in [0.29, 0.717) is 13.2 Å². The molecule has 0 bridgehead atoms. The maximum Gasteiger partial charge on any atom is 0.573 e. The summed E-state index contributed by atoms with van der Waals surface area (Å²) in [6, 6.07) is 3.99. The molecule has 2 aromatic rings. The molecular weight excluding hydrogens is 429 g/mol. The van der Waals surface area contributed by atoms with Crippen molar-refractivity contribution < 1.29 is 35.8 Å². The first-order valence-electron chi connectivity index (χ1n) is 8.66. The number of anilines is 1. The summed E-state index contributed by atoms with van der Waals surface area (Å²) in [6.45, 7) is 4.82. The average molecular weight is 450 g/mol. The maximum absolute atomic E-state index is 12.5. The molecule has 0 spiro atoms. The highest BCUT2D eigenvalue weighted by atomic mass is 32.2. The van der Waals surface area contributed by atoms with Crippen molar-refractivity contribution in [3.8, 4) is 17.6 Å². The van der Waals surface area contributed by atoms with Gasteiger partial charge in [0.1, 0.15) is 18.0 Å². The minimum atomic E-state index is -4.88. The summed E-state index contributed by atoms with van der Waals surface area (Å²) in [4.78, 5) is 7.62. The third-order valence-corrected chi connectivity index (χ3v) is 4.80. The number of rotatable bonds is 10. The van der Waals surface area contributed by atoms with Gasteiger partial charge in [-0.15, -0.1) is 13.2 Å². The number of benzene rings is 1. The molecule has 0 unspecified atom stereocenters. The van der Waals surface area contributed by atoms with Crippen molar-refractivity contribution in [2.24, 2.45) is 0 Å². The van der Waals surface area contributed by atoms with E-state index >= 15 is 0 Å². The number of hydrogen-bond donors (Lipinski definition) is 2. The zero-order valence-electron chi connectivity index (χ0n) is 16.4. The first-order chi connectivity index (χ1) is 14.0. The van der Waals surface area contributed by atoms with Crippen molar-refractivity contribution in [2.75, 3.05) is 25.0 Å². The Balaban J connectivity index is 2.10. The van der Waals surface area contributed by atoms with Crippen LogP contribution >= 0.6 is 0 Å². The van der Waals surface area contributed by atoms with Crippen LogP contribution in [0.1, 0.15) is 13.8 Å². The van der Waals surface area contributed by atoms with E-state index in [1.54, 1.807) is 0 Å². The van der Waals surface area contributed by atoms with Gasteiger partial charge < -0.3 is 19.5 Å². The summed E-state index contributed by atoms with van der Waals surface area (Å²) in [5, 5.41) is 3.15. The molecule has 1 aromatic carbocycles. The lowest BCUT2D eigenvalue weighted by molar-refractivity contribution is -0.274. The molecule has 9 nitrogen and oxygen atoms in total. The van der Waals surface area contributed by atoms with Crippen LogP contribution in [0.2, 0.25) is 0 Å². The Morgan fingerprint density at radius 3 is 2.40 bits per heavy atom. The predicted molar refractivity (Wildman–Crippen MR) is 101 cm³/mol. The van der Waals surface area contributed by atoms with E-state index in [4.69, 9.17) is 9.47 Å². The molecule has 2 rings (SSSR count). The van der Waals surface area contributed by atoms with Gasteiger partial charge in [0.15, 0.2) is 0 Å². The Bertz CT molecular complexity index is 937. The molecule has 0 amide bonds. The molecule has 166 valence electrons. The van der Waals surface area contributed by atoms with Gasteiger partial charge in [-0.25, -0.2) is 13.4 Å². The lowest BCUT2D eigenvalue weighted by atomic mass is 10.3. The summed E-state index contributed by atoms with van der Waals surface area (Å²) < 4.78 is 78.0. The number of methoxy groups -OCH3 is 1. The standard InChI is InChI=1S/C17H21F3N4O5S/c1-11(2)21-8-9-28-16-22-10-14(15(23-16)27-3)24-30(25,26)13-6-4-12(5-7-13)29-17(18,19)20/h4-7,10-11,21,24H,8-9H2,1-3H3. The van der Waals surface area contributed by atoms with E-state index in [0.717, 1.165) is 30.5 Å². The van der Waals surface area contributed by atoms with Gasteiger partial charge in [-0.1, -0.05) is 13.8 Å². The number of halogens is 3. The van der Waals surface area contributed by atoms with Gasteiger partial charge >= 0.3 is 12.4 Å². The molecule has 0 aliphatic rings. The van der Waals surface area contributed by atoms with E-state index in [1.165, 1.54) is 7.11 Å². The number of nitrogens with zero attached hydrogens (tertiary/aromatic N) is 2. The Kier molecular flexibility index (Phi) is 7.67. The fourth-order valence-corrected chi connectivity index (χ4v) is 3.20. The van der Waals surface area contributed by atoms with Gasteiger partial charge in [0.25, 0.3) is 10.0 Å². The Hall–Kier alpha value is -2.80. The van der Waals surface area contributed by atoms with Crippen molar-refractivity contribution in [3.63, 3.8) is 0 Å². The van der Waals surface area contributed by atoms with Crippen molar-refractivity contribution in [1.29, 1.82) is 0 Å². The van der Waals surface area contributed by atoms with Crippen LogP contribution in [-0.4, -0.2) is 51.1 Å². The van der Waals surface area contributed by atoms with Crippen LogP contribution in [0.4, 0.5) is 18.9 Å². The number of sulfonamides is 1. The molecule has 1 heterocycles. The van der Waals surface area contributed by atoms with Crippen LogP contribution in [0.3, 0.4) is 0 Å². The maximum atomic E-state index is 12.5. The van der Waals surface area contributed by atoms with Crippen molar-refractivity contribution in [1.82, 2.24) is 15.3 Å². The van der Waals surface area contributed by atoms with Gasteiger partial charge in [0.2, 0.25) is 5.88 Å². The zero-order valence-corrected chi connectivity index (χ0v) is 17.2. The quantitative estimate of drug-likeness (QED) is 0.532. The van der Waals surface area contributed by atoms with Gasteiger partial charge in [0, 0.05) is 12.6 Å². The molecule has 0 aliphatic carbocycles. The monoisotopic (exact) mass is 450 g/mol. The first-order valence-corrected chi connectivity index (χ1v) is 10.1. The topological polar surface area (TPSA) is 112 Å². The van der Waals surface area contributed by atoms with Crippen LogP contribution < -0.4 is 24.2 Å². The summed E-state index contributed by atoms with van der Waals surface area (Å²) in [6.07, 6.45) is -3.71. The zero-order chi connectivity index (χ0) is 22.4. The number of ether oxygens (including phenoxy) is 3. The molecule has 0 atom stereocenters. The van der Waals surface area contributed by atoms with Crippen LogP contribution in [-0.2, 0) is 10.0 Å². The predicted octanol–water partition coefficient (Wildman–Crippen LogP) is 2.56. The van der Waals surface area contributed by atoms with Crippen molar-refractivity contribution >= 4 is 15.7 Å². The Morgan fingerprint density at radius 2 is 1.83 bits per heavy atom. The second-order valence-corrected chi connectivity index (χ2v) is 7.84. The number of alkyl halides is 3. The van der Waals surface area contributed by atoms with Crippen LogP contribution in [0.15, 0.2) is 35.4 Å². The molecule has 0 saturated carbocycles. The van der Waals surface area contributed by atoms with Gasteiger partial charge in [0.05, 0.1) is 18.2 Å². The SMILES string of the molecule is COc1nc(OCCNC(C)C)ncc1NS(=O)(=O)c1ccc(OC(F)(F)F)cc1. The molecule has 0 radical (unpaired) electrons. The highest BCUT2D eigenvalue weighted by molar-refractivity contribution is 7.92. The summed E-state index contributed by atoms with van der Waals surface area (Å²) in [5.74, 6) is -0.631. The molecule has 0 aliphatic heterocycles. The van der Waals surface area contributed by atoms with Gasteiger partial charge in [-0.3, -0.25) is 4.72 Å². The highest BCUT2D eigenvalue weighted by Gasteiger charge is 2.31. The minimum Gasteiger partial charge on any atom is -0.479 e. The molecule has 1 aromatic heterocycles. The van der Waals surface area contributed by atoms with Crippen molar-refractivity contribution in [3.05, 3.63) is 30.5 Å². The van der Waals surface area contributed by atoms with Crippen LogP contribution in [0.5, 0.6) is 17.6 Å². The average Bonchev–Trinajstić information content (AvgIpc) is 2.65. The fourth-order valence-electron chi connectivity index (χ4n) is 2.16. The molecule has 30 heavy (non-hydrogen) atoms. The Morgan fingerprint density at radius 1 is 1.17 bits per heavy atom. The van der Waals surface area contributed by atoms with E-state index in [-0.39, 0.29) is 28.5 Å². The number of hydrogen-bond acceptors (Lipinski definition) is 8. The first kappa shape index (κ1) is 23.5. The molecular formula is C17H21F3N4O5S. The normalized spacial score (nSPS) is 12.0. The van der Waals surface area contributed by atoms with Crippen molar-refractivity contribution in [2.45, 2.75) is 31.1 Å². The van der Waals surface area contributed by atoms with E-state index < -0.39 is 22.1 Å². The number of nitrogens with one attached hydrogen (secondary N) is 2. The smallest absolute Gasteiger partial charge is 0.479 e. The molecule has 0 saturated heterocycles. The molecule has 13 heteroatoms. The molecule has 0 fully saturated rings. The third kappa shape index (κ3) is 7.22. The van der Waals surface area contributed by atoms with Crippen LogP contribution in [0, 0.1) is 0 Å². The largest absolute Gasteiger partial charge is 0.573 e. The highest BCUT2D eigenvalue weighted by Crippen LogP contribution is 2.27. The van der Waals surface area contributed by atoms with Crippen LogP contribution in [0.25, 0.3) is 0 Å². The lowest BCUT2D eigenvalue weighted by Gasteiger charge is -2.13. The Labute approximate surface area is 171 Å². The fraction of sp³-hybridized carbons (Fsp3) is 0.412. The van der Waals surface area contributed by atoms with Gasteiger partial charge in [-0.05, 0) is 24.3 Å². The summed E-state index contributed by atoms with van der Waals surface area (Å²) in [5.41, 5.74) is -0.0687. The third-order valence-electron chi connectivity index (χ3n) is 3.42. The van der Waals surface area contributed by atoms with Gasteiger partial charge in [-0.2, -0.15) is 4.98 Å². The second kappa shape index (κ2) is 9.80. The summed E-state index contributed by atoms with van der Waals surface area (Å²) in [7, 11) is -2.86. The second-order valence-electron chi connectivity index (χ2n) is 6.16. The lowest BCUT2D eigenvalue weighted by Crippen LogP contribution is -2.27. The van der Waals surface area contributed by atoms with E-state index in [1.807, 2.05) is 13.8 Å². The van der Waals surface area contributed by atoms with E-state index in [2.05, 4.69) is 24.7 Å².